The van der Waals surface area contributed by atoms with Crippen LogP contribution in [0.4, 0.5) is 5.69 Å². The van der Waals surface area contributed by atoms with Crippen LogP contribution in [0.2, 0.25) is 0 Å². The van der Waals surface area contributed by atoms with Crippen molar-refractivity contribution < 1.29 is 10.1 Å². The zero-order valence-electron chi connectivity index (χ0n) is 14.5. The van der Waals surface area contributed by atoms with Crippen molar-refractivity contribution in [1.29, 1.82) is 0 Å². The lowest BCUT2D eigenvalue weighted by atomic mass is 9.96. The number of nitrogens with two attached hydrogens (primary N) is 1. The third kappa shape index (κ3) is 4.67. The normalized spacial score (nSPS) is 12.2. The van der Waals surface area contributed by atoms with Crippen LogP contribution in [-0.4, -0.2) is 12.5 Å². The first-order valence-electron chi connectivity index (χ1n) is 8.23. The van der Waals surface area contributed by atoms with Crippen LogP contribution in [0.1, 0.15) is 36.6 Å². The molecule has 3 N–H and O–H groups in total. The number of aryl methyl sites for hydroxylation is 1. The summed E-state index contributed by atoms with van der Waals surface area (Å²) in [5.41, 5.74) is 4.49. The minimum Gasteiger partial charge on any atom is -0.332 e. The van der Waals surface area contributed by atoms with E-state index in [9.17, 15) is 4.79 Å². The predicted molar refractivity (Wildman–Crippen MR) is 95.4 cm³/mol. The first kappa shape index (κ1) is 17.2. The highest BCUT2D eigenvalue weighted by Crippen LogP contribution is 2.18. The molecule has 0 aromatic heterocycles. The molecule has 3 nitrogen and oxygen atoms in total. The molecule has 3 heteroatoms. The number of benzene rings is 2. The molecule has 0 fully saturated rings. The number of anilines is 1. The molecule has 2 aromatic carbocycles. The number of hydrogen-bond donors (Lipinski definition) is 2. The lowest BCUT2D eigenvalue weighted by Crippen LogP contribution is -2.88. The van der Waals surface area contributed by atoms with Gasteiger partial charge in [0.15, 0.2) is 6.54 Å². The molecule has 0 spiro atoms. The summed E-state index contributed by atoms with van der Waals surface area (Å²) in [6.07, 6.45) is 0. The van der Waals surface area contributed by atoms with E-state index in [0.717, 1.165) is 11.3 Å². The Balaban J connectivity index is 1.98. The number of nitrogens with one attached hydrogen (secondary N) is 1. The zero-order valence-corrected chi connectivity index (χ0v) is 14.5. The van der Waals surface area contributed by atoms with Gasteiger partial charge in [0.25, 0.3) is 5.91 Å². The second-order valence-corrected chi connectivity index (χ2v) is 6.42. The summed E-state index contributed by atoms with van der Waals surface area (Å²) in [5.74, 6) is 0.506. The molecule has 0 heterocycles. The van der Waals surface area contributed by atoms with E-state index in [1.165, 1.54) is 11.1 Å². The number of amides is 1. The second-order valence-electron chi connectivity index (χ2n) is 6.42. The third-order valence-electron chi connectivity index (χ3n) is 4.34. The van der Waals surface area contributed by atoms with Crippen molar-refractivity contribution in [2.24, 2.45) is 5.92 Å². The molecule has 2 aromatic rings. The van der Waals surface area contributed by atoms with Crippen LogP contribution in [-0.2, 0) is 4.79 Å². The highest BCUT2D eigenvalue weighted by Gasteiger charge is 2.20. The van der Waals surface area contributed by atoms with Gasteiger partial charge in [-0.2, -0.15) is 0 Å². The van der Waals surface area contributed by atoms with Gasteiger partial charge in [-0.05, 0) is 31.0 Å². The quantitative estimate of drug-likeness (QED) is 0.845. The maximum Gasteiger partial charge on any atom is 0.279 e. The smallest absolute Gasteiger partial charge is 0.279 e. The summed E-state index contributed by atoms with van der Waals surface area (Å²) in [7, 11) is 0. The Morgan fingerprint density at radius 3 is 2.39 bits per heavy atom. The molecule has 1 atom stereocenters. The maximum absolute atomic E-state index is 12.3. The van der Waals surface area contributed by atoms with Crippen molar-refractivity contribution in [3.8, 4) is 0 Å². The van der Waals surface area contributed by atoms with Gasteiger partial charge < -0.3 is 10.6 Å². The summed E-state index contributed by atoms with van der Waals surface area (Å²) >= 11 is 0. The largest absolute Gasteiger partial charge is 0.332 e. The minimum absolute atomic E-state index is 0.0419. The van der Waals surface area contributed by atoms with E-state index in [1.54, 1.807) is 0 Å². The highest BCUT2D eigenvalue weighted by atomic mass is 16.1. The van der Waals surface area contributed by atoms with Gasteiger partial charge in [0.2, 0.25) is 0 Å². The fraction of sp³-hybridized carbons (Fsp3) is 0.350. The van der Waals surface area contributed by atoms with E-state index in [4.69, 9.17) is 0 Å². The molecule has 0 aliphatic heterocycles. The molecule has 23 heavy (non-hydrogen) atoms. The van der Waals surface area contributed by atoms with Gasteiger partial charge >= 0.3 is 0 Å². The Hall–Kier alpha value is -2.13. The Kier molecular flexibility index (Phi) is 5.94. The Bertz CT molecular complexity index is 650. The molecule has 122 valence electrons. The number of quaternary nitrogens is 1. The fourth-order valence-electron chi connectivity index (χ4n) is 2.79. The maximum atomic E-state index is 12.3. The fourth-order valence-corrected chi connectivity index (χ4v) is 2.79. The van der Waals surface area contributed by atoms with Crippen LogP contribution >= 0.6 is 0 Å². The van der Waals surface area contributed by atoms with Gasteiger partial charge in [-0.15, -0.1) is 0 Å². The van der Waals surface area contributed by atoms with E-state index in [2.05, 4.69) is 61.7 Å². The van der Waals surface area contributed by atoms with Gasteiger partial charge in [-0.3, -0.25) is 4.79 Å². The van der Waals surface area contributed by atoms with Crippen LogP contribution in [0.5, 0.6) is 0 Å². The lowest BCUT2D eigenvalue weighted by molar-refractivity contribution is -0.692. The molecule has 0 saturated carbocycles. The molecule has 1 amide bonds. The first-order valence-corrected chi connectivity index (χ1v) is 8.23. The standard InChI is InChI=1S/C20H26N2O/c1-14(2)20(17-10-6-5-7-11-17)21-13-19(23)22-18-12-8-9-15(3)16(18)4/h5-12,14,20-21H,13H2,1-4H3,(H,22,23)/p+1/t20-/m1/s1. The van der Waals surface area contributed by atoms with Gasteiger partial charge in [0.05, 0.1) is 0 Å². The summed E-state index contributed by atoms with van der Waals surface area (Å²) in [6.45, 7) is 8.90. The average Bonchev–Trinajstić information content (AvgIpc) is 2.53. The van der Waals surface area contributed by atoms with Crippen LogP contribution in [0, 0.1) is 19.8 Å². The second kappa shape index (κ2) is 7.93. The van der Waals surface area contributed by atoms with Crippen molar-refractivity contribution >= 4 is 11.6 Å². The molecular weight excluding hydrogens is 284 g/mol. The van der Waals surface area contributed by atoms with E-state index in [-0.39, 0.29) is 5.91 Å². The monoisotopic (exact) mass is 311 g/mol. The first-order chi connectivity index (χ1) is 11.0. The predicted octanol–water partition coefficient (Wildman–Crippen LogP) is 3.20. The Morgan fingerprint density at radius 2 is 1.74 bits per heavy atom. The van der Waals surface area contributed by atoms with Crippen molar-refractivity contribution in [3.05, 3.63) is 65.2 Å². The number of carbonyl (C=O) groups excluding carboxylic acids is 1. The summed E-state index contributed by atoms with van der Waals surface area (Å²) < 4.78 is 0. The Morgan fingerprint density at radius 1 is 1.04 bits per heavy atom. The number of rotatable bonds is 6. The van der Waals surface area contributed by atoms with E-state index >= 15 is 0 Å². The average molecular weight is 311 g/mol. The van der Waals surface area contributed by atoms with E-state index in [1.807, 2.05) is 25.1 Å². The lowest BCUT2D eigenvalue weighted by Gasteiger charge is -2.19. The highest BCUT2D eigenvalue weighted by molar-refractivity contribution is 5.92. The molecule has 0 aliphatic carbocycles. The number of hydrogen-bond acceptors (Lipinski definition) is 1. The van der Waals surface area contributed by atoms with Gasteiger partial charge in [-0.1, -0.05) is 56.3 Å². The van der Waals surface area contributed by atoms with Crippen LogP contribution in [0.15, 0.2) is 48.5 Å². The van der Waals surface area contributed by atoms with Gasteiger partial charge in [-0.25, -0.2) is 0 Å². The molecule has 0 radical (unpaired) electrons. The Labute approximate surface area is 139 Å². The van der Waals surface area contributed by atoms with Crippen LogP contribution in [0.25, 0.3) is 0 Å². The van der Waals surface area contributed by atoms with Gasteiger partial charge in [0.1, 0.15) is 6.04 Å². The third-order valence-corrected chi connectivity index (χ3v) is 4.34. The SMILES string of the molecule is Cc1cccc(NC(=O)C[NH2+][C@@H](c2ccccc2)C(C)C)c1C. The van der Waals surface area contributed by atoms with Crippen molar-refractivity contribution in [3.63, 3.8) is 0 Å². The molecular formula is C20H27N2O+. The molecule has 0 aliphatic rings. The van der Waals surface area contributed by atoms with Crippen LogP contribution in [0.3, 0.4) is 0 Å². The van der Waals surface area contributed by atoms with Crippen molar-refractivity contribution in [2.45, 2.75) is 33.7 Å². The minimum atomic E-state index is 0.0419. The zero-order chi connectivity index (χ0) is 16.8. The molecule has 0 bridgehead atoms. The van der Waals surface area contributed by atoms with Crippen molar-refractivity contribution in [1.82, 2.24) is 0 Å². The molecule has 0 unspecified atom stereocenters. The van der Waals surface area contributed by atoms with Crippen LogP contribution < -0.4 is 10.6 Å². The van der Waals surface area contributed by atoms with E-state index in [0.29, 0.717) is 18.5 Å². The summed E-state index contributed by atoms with van der Waals surface area (Å²) in [4.78, 5) is 12.3. The number of carbonyl (C=O) groups is 1. The summed E-state index contributed by atoms with van der Waals surface area (Å²) in [5, 5.41) is 5.15. The summed E-state index contributed by atoms with van der Waals surface area (Å²) in [6, 6.07) is 16.7. The van der Waals surface area contributed by atoms with Crippen molar-refractivity contribution in [2.75, 3.05) is 11.9 Å². The molecule has 2 rings (SSSR count). The topological polar surface area (TPSA) is 45.7 Å². The van der Waals surface area contributed by atoms with Gasteiger partial charge in [0, 0.05) is 17.2 Å². The molecule has 0 saturated heterocycles. The van der Waals surface area contributed by atoms with E-state index < -0.39 is 0 Å².